The van der Waals surface area contributed by atoms with E-state index in [4.69, 9.17) is 9.84 Å². The maximum Gasteiger partial charge on any atom is 0.308 e. The molecule has 0 radical (unpaired) electrons. The molecule has 0 saturated carbocycles. The summed E-state index contributed by atoms with van der Waals surface area (Å²) in [5.74, 6) is -1.73. The molecular formula is C15H27NO6S. The molecule has 0 aromatic heterocycles. The Kier molecular flexibility index (Phi) is 7.98. The first-order valence-electron chi connectivity index (χ1n) is 8.04. The molecule has 1 aliphatic rings. The number of carbonyl (C=O) groups excluding carboxylic acids is 1. The van der Waals surface area contributed by atoms with E-state index >= 15 is 0 Å². The van der Waals surface area contributed by atoms with E-state index in [2.05, 4.69) is 0 Å². The van der Waals surface area contributed by atoms with Gasteiger partial charge in [0.05, 0.1) is 17.4 Å². The summed E-state index contributed by atoms with van der Waals surface area (Å²) in [5.41, 5.74) is 0. The van der Waals surface area contributed by atoms with Crippen molar-refractivity contribution in [2.75, 3.05) is 37.8 Å². The predicted molar refractivity (Wildman–Crippen MR) is 85.9 cm³/mol. The minimum Gasteiger partial charge on any atom is -0.481 e. The van der Waals surface area contributed by atoms with Gasteiger partial charge in [0.25, 0.3) is 0 Å². The summed E-state index contributed by atoms with van der Waals surface area (Å²) in [7, 11) is -3.01. The molecule has 2 atom stereocenters. The van der Waals surface area contributed by atoms with Crippen LogP contribution in [0.25, 0.3) is 0 Å². The van der Waals surface area contributed by atoms with Crippen molar-refractivity contribution in [3.63, 3.8) is 0 Å². The topological polar surface area (TPSA) is 101 Å². The van der Waals surface area contributed by atoms with Crippen molar-refractivity contribution < 1.29 is 27.9 Å². The van der Waals surface area contributed by atoms with Crippen LogP contribution in [0.4, 0.5) is 0 Å². The lowest BCUT2D eigenvalue weighted by Crippen LogP contribution is -2.39. The number of rotatable bonds is 10. The van der Waals surface area contributed by atoms with Gasteiger partial charge < -0.3 is 14.7 Å². The van der Waals surface area contributed by atoms with Crippen molar-refractivity contribution in [3.8, 4) is 0 Å². The predicted octanol–water partition coefficient (Wildman–Crippen LogP) is 0.787. The largest absolute Gasteiger partial charge is 0.481 e. The Bertz CT molecular complexity index is 504. The fourth-order valence-corrected chi connectivity index (χ4v) is 4.50. The minimum absolute atomic E-state index is 0.0556. The number of aliphatic carboxylic acids is 1. The van der Waals surface area contributed by atoms with Crippen molar-refractivity contribution in [1.82, 2.24) is 4.90 Å². The summed E-state index contributed by atoms with van der Waals surface area (Å²) in [6.07, 6.45) is 1.31. The van der Waals surface area contributed by atoms with Gasteiger partial charge in [0.1, 0.15) is 0 Å². The van der Waals surface area contributed by atoms with Crippen LogP contribution < -0.4 is 0 Å². The number of hydrogen-bond donors (Lipinski definition) is 1. The van der Waals surface area contributed by atoms with Crippen LogP contribution in [0.5, 0.6) is 0 Å². The average molecular weight is 349 g/mol. The number of sulfone groups is 1. The second kappa shape index (κ2) is 9.22. The van der Waals surface area contributed by atoms with Crippen LogP contribution >= 0.6 is 0 Å². The van der Waals surface area contributed by atoms with Crippen LogP contribution in [0.1, 0.15) is 33.1 Å². The Balaban J connectivity index is 2.58. The molecule has 1 heterocycles. The molecule has 23 heavy (non-hydrogen) atoms. The molecule has 1 N–H and O–H groups in total. The standard InChI is InChI=1S/C15H27NO6S/c1-3-22-7-4-6-16(10-12(2)15(18)19)14(17)9-13-5-8-23(20,21)11-13/h12-13H,3-11H2,1-2H3,(H,18,19). The first kappa shape index (κ1) is 19.9. The highest BCUT2D eigenvalue weighted by Crippen LogP contribution is 2.22. The molecule has 1 amide bonds. The number of hydrogen-bond acceptors (Lipinski definition) is 5. The molecule has 1 rings (SSSR count). The number of carboxylic acid groups (broad SMARTS) is 1. The summed E-state index contributed by atoms with van der Waals surface area (Å²) in [6, 6.07) is 0. The smallest absolute Gasteiger partial charge is 0.308 e. The molecule has 0 bridgehead atoms. The normalized spacial score (nSPS) is 21.0. The lowest BCUT2D eigenvalue weighted by Gasteiger charge is -2.25. The molecular weight excluding hydrogens is 322 g/mol. The first-order chi connectivity index (χ1) is 10.7. The minimum atomic E-state index is -3.01. The number of amides is 1. The zero-order valence-electron chi connectivity index (χ0n) is 13.9. The molecule has 1 fully saturated rings. The Morgan fingerprint density at radius 2 is 2.09 bits per heavy atom. The van der Waals surface area contributed by atoms with Crippen LogP contribution in [-0.4, -0.2) is 68.1 Å². The van der Waals surface area contributed by atoms with Crippen molar-refractivity contribution >= 4 is 21.7 Å². The van der Waals surface area contributed by atoms with Gasteiger partial charge in [0.15, 0.2) is 9.84 Å². The molecule has 1 aliphatic heterocycles. The average Bonchev–Trinajstić information content (AvgIpc) is 2.80. The van der Waals surface area contributed by atoms with Gasteiger partial charge in [-0.1, -0.05) is 6.92 Å². The summed E-state index contributed by atoms with van der Waals surface area (Å²) in [5, 5.41) is 9.03. The van der Waals surface area contributed by atoms with E-state index in [1.165, 1.54) is 4.90 Å². The van der Waals surface area contributed by atoms with Gasteiger partial charge >= 0.3 is 5.97 Å². The quantitative estimate of drug-likeness (QED) is 0.585. The van der Waals surface area contributed by atoms with Gasteiger partial charge in [-0.15, -0.1) is 0 Å². The third-order valence-electron chi connectivity index (χ3n) is 3.98. The molecule has 8 heteroatoms. The number of nitrogens with zero attached hydrogens (tertiary/aromatic N) is 1. The molecule has 7 nitrogen and oxygen atoms in total. The van der Waals surface area contributed by atoms with Crippen molar-refractivity contribution in [2.24, 2.45) is 11.8 Å². The van der Waals surface area contributed by atoms with Crippen molar-refractivity contribution in [3.05, 3.63) is 0 Å². The van der Waals surface area contributed by atoms with Gasteiger partial charge in [0.2, 0.25) is 5.91 Å². The van der Waals surface area contributed by atoms with Crippen LogP contribution in [0.3, 0.4) is 0 Å². The van der Waals surface area contributed by atoms with E-state index in [0.29, 0.717) is 32.6 Å². The van der Waals surface area contributed by atoms with Crippen LogP contribution in [0, 0.1) is 11.8 Å². The maximum atomic E-state index is 12.4. The highest BCUT2D eigenvalue weighted by Gasteiger charge is 2.31. The van der Waals surface area contributed by atoms with Gasteiger partial charge in [-0.05, 0) is 25.7 Å². The summed E-state index contributed by atoms with van der Waals surface area (Å²) >= 11 is 0. The van der Waals surface area contributed by atoms with Gasteiger partial charge in [-0.2, -0.15) is 0 Å². The molecule has 0 aromatic carbocycles. The molecule has 1 saturated heterocycles. The SMILES string of the molecule is CCOCCCN(CC(C)C(=O)O)C(=O)CC1CCS(=O)(=O)C1. The number of carbonyl (C=O) groups is 2. The Morgan fingerprint density at radius 3 is 2.61 bits per heavy atom. The molecule has 134 valence electrons. The maximum absolute atomic E-state index is 12.4. The fourth-order valence-electron chi connectivity index (χ4n) is 2.64. The van der Waals surface area contributed by atoms with Crippen molar-refractivity contribution in [2.45, 2.75) is 33.1 Å². The number of carboxylic acids is 1. The van der Waals surface area contributed by atoms with E-state index in [1.54, 1.807) is 6.92 Å². The summed E-state index contributed by atoms with van der Waals surface area (Å²) in [6.45, 7) is 5.12. The fraction of sp³-hybridized carbons (Fsp3) is 0.867. The Labute approximate surface area is 137 Å². The highest BCUT2D eigenvalue weighted by molar-refractivity contribution is 7.91. The Hall–Kier alpha value is -1.15. The summed E-state index contributed by atoms with van der Waals surface area (Å²) < 4.78 is 28.2. The first-order valence-corrected chi connectivity index (χ1v) is 9.86. The third kappa shape index (κ3) is 7.30. The van der Waals surface area contributed by atoms with E-state index < -0.39 is 21.7 Å². The van der Waals surface area contributed by atoms with E-state index in [-0.39, 0.29) is 36.3 Å². The molecule has 0 aliphatic carbocycles. The zero-order chi connectivity index (χ0) is 17.5. The van der Waals surface area contributed by atoms with E-state index in [9.17, 15) is 18.0 Å². The lowest BCUT2D eigenvalue weighted by atomic mass is 10.0. The summed E-state index contributed by atoms with van der Waals surface area (Å²) in [4.78, 5) is 25.0. The molecule has 0 aromatic rings. The molecule has 2 unspecified atom stereocenters. The number of ether oxygens (including phenoxy) is 1. The highest BCUT2D eigenvalue weighted by atomic mass is 32.2. The second-order valence-electron chi connectivity index (χ2n) is 6.10. The van der Waals surface area contributed by atoms with E-state index in [0.717, 1.165) is 0 Å². The van der Waals surface area contributed by atoms with Gasteiger partial charge in [0, 0.05) is 32.7 Å². The van der Waals surface area contributed by atoms with Gasteiger partial charge in [-0.3, -0.25) is 9.59 Å². The van der Waals surface area contributed by atoms with Crippen LogP contribution in [-0.2, 0) is 24.2 Å². The van der Waals surface area contributed by atoms with Crippen molar-refractivity contribution in [1.29, 1.82) is 0 Å². The van der Waals surface area contributed by atoms with Crippen LogP contribution in [0.2, 0.25) is 0 Å². The zero-order valence-corrected chi connectivity index (χ0v) is 14.7. The van der Waals surface area contributed by atoms with E-state index in [1.807, 2.05) is 6.92 Å². The monoisotopic (exact) mass is 349 g/mol. The Morgan fingerprint density at radius 1 is 1.39 bits per heavy atom. The van der Waals surface area contributed by atoms with Gasteiger partial charge in [-0.25, -0.2) is 8.42 Å². The molecule has 0 spiro atoms. The third-order valence-corrected chi connectivity index (χ3v) is 5.82. The van der Waals surface area contributed by atoms with Crippen LogP contribution in [0.15, 0.2) is 0 Å². The second-order valence-corrected chi connectivity index (χ2v) is 8.33. The lowest BCUT2D eigenvalue weighted by molar-refractivity contribution is -0.143.